The Kier molecular flexibility index (Phi) is 8.90. The molecular formula is C36H29F3N4O4. The van der Waals surface area contributed by atoms with E-state index in [0.29, 0.717) is 0 Å². The number of carbonyl (C=O) groups excluding carboxylic acids is 1. The van der Waals surface area contributed by atoms with Crippen molar-refractivity contribution in [1.29, 1.82) is 0 Å². The maximum absolute atomic E-state index is 14.0. The number of benzene rings is 5. The number of phenolic OH excluding ortho intramolecular Hbond substituents is 1. The largest absolute Gasteiger partial charge is 0.508 e. The van der Waals surface area contributed by atoms with Gasteiger partial charge in [0.1, 0.15) is 22.8 Å². The number of fused-ring (bicyclic) bond motifs is 1. The Labute approximate surface area is 268 Å². The van der Waals surface area contributed by atoms with Gasteiger partial charge in [-0.25, -0.2) is 0 Å². The summed E-state index contributed by atoms with van der Waals surface area (Å²) in [6.07, 6.45) is -4.42. The third-order valence-corrected chi connectivity index (χ3v) is 7.79. The summed E-state index contributed by atoms with van der Waals surface area (Å²) in [6.45, 7) is -0.656. The number of phenols is 1. The van der Waals surface area contributed by atoms with E-state index in [9.17, 15) is 23.1 Å². The van der Waals surface area contributed by atoms with Gasteiger partial charge in [-0.2, -0.15) is 13.2 Å². The fraction of sp³-hybridized carbons (Fsp3) is 0.139. The average molecular weight is 639 g/mol. The number of rotatable bonds is 11. The molecule has 1 heterocycles. The van der Waals surface area contributed by atoms with Gasteiger partial charge >= 0.3 is 12.1 Å². The van der Waals surface area contributed by atoms with Gasteiger partial charge in [0.25, 0.3) is 6.79 Å². The van der Waals surface area contributed by atoms with Crippen LogP contribution in [0.4, 0.5) is 13.2 Å². The van der Waals surface area contributed by atoms with Crippen molar-refractivity contribution in [2.24, 2.45) is 0 Å². The topological polar surface area (TPSA) is 98.5 Å². The van der Waals surface area contributed by atoms with Gasteiger partial charge in [0.2, 0.25) is 0 Å². The number of hydrogen-bond donors (Lipinski definition) is 2. The molecule has 1 atom stereocenters. The van der Waals surface area contributed by atoms with Gasteiger partial charge in [0.05, 0.1) is 11.1 Å². The second-order valence-corrected chi connectivity index (χ2v) is 10.8. The van der Waals surface area contributed by atoms with E-state index in [1.54, 1.807) is 12.1 Å². The number of aromatic hydroxyl groups is 1. The van der Waals surface area contributed by atoms with Gasteiger partial charge in [0.15, 0.2) is 0 Å². The molecule has 0 spiro atoms. The first-order chi connectivity index (χ1) is 22.7. The molecule has 238 valence electrons. The van der Waals surface area contributed by atoms with Crippen molar-refractivity contribution in [2.45, 2.75) is 24.2 Å². The molecule has 0 fully saturated rings. The maximum Gasteiger partial charge on any atom is 0.416 e. The molecule has 0 aliphatic carbocycles. The molecule has 0 aliphatic heterocycles. The van der Waals surface area contributed by atoms with Crippen LogP contribution < -0.4 is 10.2 Å². The smallest absolute Gasteiger partial charge is 0.416 e. The summed E-state index contributed by atoms with van der Waals surface area (Å²) in [5.41, 5.74) is 1.56. The van der Waals surface area contributed by atoms with Crippen molar-refractivity contribution in [2.75, 3.05) is 6.79 Å². The molecule has 0 radical (unpaired) electrons. The standard InChI is InChI=1S/C36H29F3N4O4/c37-36(38,39)29-18-21-31-33(23-29)43(42-41-31)47-24-46-34(45)32(22-25-16-19-30(44)20-17-25)40-35(26-10-4-1-5-11-26,27-12-6-2-7-13-27)28-14-8-3-9-15-28/h1-21,23,32,40,44H,22,24H2/t32-/m1/s1. The zero-order valence-corrected chi connectivity index (χ0v) is 24.8. The van der Waals surface area contributed by atoms with Gasteiger partial charge in [-0.1, -0.05) is 108 Å². The van der Waals surface area contributed by atoms with Crippen LogP contribution in [0.15, 0.2) is 133 Å². The number of esters is 1. The van der Waals surface area contributed by atoms with Gasteiger partial charge in [-0.15, -0.1) is 5.10 Å². The predicted molar refractivity (Wildman–Crippen MR) is 168 cm³/mol. The van der Waals surface area contributed by atoms with Gasteiger partial charge in [-0.05, 0) is 64.2 Å². The molecule has 1 aromatic heterocycles. The quantitative estimate of drug-likeness (QED) is 0.0980. The van der Waals surface area contributed by atoms with E-state index in [0.717, 1.165) is 39.2 Å². The molecule has 8 nitrogen and oxygen atoms in total. The van der Waals surface area contributed by atoms with E-state index in [1.807, 2.05) is 91.0 Å². The molecule has 0 bridgehead atoms. The van der Waals surface area contributed by atoms with Crippen LogP contribution in [0, 0.1) is 0 Å². The molecule has 11 heteroatoms. The lowest BCUT2D eigenvalue weighted by molar-refractivity contribution is -0.160. The Morgan fingerprint density at radius 2 is 1.32 bits per heavy atom. The fourth-order valence-electron chi connectivity index (χ4n) is 5.54. The molecule has 5 aromatic carbocycles. The number of alkyl halides is 3. The van der Waals surface area contributed by atoms with E-state index < -0.39 is 36.1 Å². The molecule has 0 amide bonds. The number of carbonyl (C=O) groups is 1. The highest BCUT2D eigenvalue weighted by Crippen LogP contribution is 2.38. The number of ether oxygens (including phenoxy) is 1. The van der Waals surface area contributed by atoms with Crippen molar-refractivity contribution < 1.29 is 32.6 Å². The third-order valence-electron chi connectivity index (χ3n) is 7.79. The second-order valence-electron chi connectivity index (χ2n) is 10.8. The highest BCUT2D eigenvalue weighted by Gasteiger charge is 2.40. The Morgan fingerprint density at radius 1 is 0.766 bits per heavy atom. The molecule has 0 unspecified atom stereocenters. The van der Waals surface area contributed by atoms with Crippen molar-refractivity contribution in [1.82, 2.24) is 20.5 Å². The van der Waals surface area contributed by atoms with Crippen LogP contribution in [-0.2, 0) is 27.7 Å². The number of hydrogen-bond acceptors (Lipinski definition) is 7. The Balaban J connectivity index is 1.35. The van der Waals surface area contributed by atoms with Gasteiger partial charge in [0, 0.05) is 0 Å². The zero-order chi connectivity index (χ0) is 32.9. The monoisotopic (exact) mass is 638 g/mol. The summed E-state index contributed by atoms with van der Waals surface area (Å²) in [7, 11) is 0. The summed E-state index contributed by atoms with van der Waals surface area (Å²) in [5.74, 6) is -0.610. The van der Waals surface area contributed by atoms with Crippen LogP contribution in [0.3, 0.4) is 0 Å². The van der Waals surface area contributed by atoms with Crippen LogP contribution in [0.1, 0.15) is 27.8 Å². The van der Waals surface area contributed by atoms with Crippen molar-refractivity contribution in [3.63, 3.8) is 0 Å². The van der Waals surface area contributed by atoms with E-state index >= 15 is 0 Å². The van der Waals surface area contributed by atoms with Crippen molar-refractivity contribution in [3.05, 3.63) is 161 Å². The van der Waals surface area contributed by atoms with E-state index in [-0.39, 0.29) is 23.2 Å². The van der Waals surface area contributed by atoms with Crippen LogP contribution in [0.2, 0.25) is 0 Å². The highest BCUT2D eigenvalue weighted by molar-refractivity contribution is 5.77. The summed E-state index contributed by atoms with van der Waals surface area (Å²) >= 11 is 0. The van der Waals surface area contributed by atoms with E-state index in [4.69, 9.17) is 9.57 Å². The summed E-state index contributed by atoms with van der Waals surface area (Å²) in [5, 5.41) is 21.1. The second kappa shape index (κ2) is 13.4. The van der Waals surface area contributed by atoms with Gasteiger partial charge in [-0.3, -0.25) is 10.1 Å². The lowest BCUT2D eigenvalue weighted by atomic mass is 9.76. The first kappa shape index (κ1) is 31.3. The van der Waals surface area contributed by atoms with E-state index in [2.05, 4.69) is 15.6 Å². The SMILES string of the molecule is O=C(OCOn1nnc2ccc(C(F)(F)F)cc21)[C@@H](Cc1ccc(O)cc1)NC(c1ccccc1)(c1ccccc1)c1ccccc1. The minimum absolute atomic E-state index is 0.0362. The van der Waals surface area contributed by atoms with E-state index in [1.165, 1.54) is 18.2 Å². The van der Waals surface area contributed by atoms with Gasteiger partial charge < -0.3 is 14.7 Å². The molecule has 2 N–H and O–H groups in total. The van der Waals surface area contributed by atoms with Crippen LogP contribution in [0.5, 0.6) is 5.75 Å². The third kappa shape index (κ3) is 6.80. The normalized spacial score (nSPS) is 12.5. The van der Waals surface area contributed by atoms with Crippen molar-refractivity contribution >= 4 is 17.0 Å². The molecule has 6 aromatic rings. The number of nitrogens with zero attached hydrogens (tertiary/aromatic N) is 3. The lowest BCUT2D eigenvalue weighted by Crippen LogP contribution is -2.54. The van der Waals surface area contributed by atoms with Crippen molar-refractivity contribution in [3.8, 4) is 5.75 Å². The first-order valence-corrected chi connectivity index (χ1v) is 14.7. The molecular weight excluding hydrogens is 609 g/mol. The number of aromatic nitrogens is 3. The molecule has 0 saturated heterocycles. The minimum atomic E-state index is -4.58. The summed E-state index contributed by atoms with van der Waals surface area (Å²) < 4.78 is 45.6. The minimum Gasteiger partial charge on any atom is -0.508 e. The molecule has 6 rings (SSSR count). The molecule has 47 heavy (non-hydrogen) atoms. The predicted octanol–water partition coefficient (Wildman–Crippen LogP) is 6.28. The Morgan fingerprint density at radius 3 is 1.85 bits per heavy atom. The zero-order valence-electron chi connectivity index (χ0n) is 24.8. The summed E-state index contributed by atoms with van der Waals surface area (Å²) in [6, 6.07) is 37.6. The molecule has 0 aliphatic rings. The van der Waals surface area contributed by atoms with Crippen LogP contribution >= 0.6 is 0 Å². The Hall–Kier alpha value is -5.68. The molecule has 0 saturated carbocycles. The Bertz CT molecular complexity index is 1840. The van der Waals surface area contributed by atoms with Crippen LogP contribution in [-0.4, -0.2) is 39.1 Å². The van der Waals surface area contributed by atoms with Crippen LogP contribution in [0.25, 0.3) is 11.0 Å². The number of nitrogens with one attached hydrogen (secondary N) is 1. The average Bonchev–Trinajstić information content (AvgIpc) is 3.50. The number of halogens is 3. The summed E-state index contributed by atoms with van der Waals surface area (Å²) in [4.78, 5) is 20.2. The highest BCUT2D eigenvalue weighted by atomic mass is 19.4. The fourth-order valence-corrected chi connectivity index (χ4v) is 5.54. The first-order valence-electron chi connectivity index (χ1n) is 14.7. The lowest BCUT2D eigenvalue weighted by Gasteiger charge is -2.39. The maximum atomic E-state index is 14.0.